The fourth-order valence-electron chi connectivity index (χ4n) is 4.31. The summed E-state index contributed by atoms with van der Waals surface area (Å²) in [5.74, 6) is 0.641. The summed E-state index contributed by atoms with van der Waals surface area (Å²) in [5.41, 5.74) is 4.90. The van der Waals surface area contributed by atoms with Crippen LogP contribution in [-0.4, -0.2) is 71.6 Å². The second-order valence-corrected chi connectivity index (χ2v) is 8.57. The van der Waals surface area contributed by atoms with E-state index in [1.807, 2.05) is 23.4 Å². The predicted molar refractivity (Wildman–Crippen MR) is 128 cm³/mol. The van der Waals surface area contributed by atoms with E-state index in [0.29, 0.717) is 11.8 Å². The van der Waals surface area contributed by atoms with Gasteiger partial charge < -0.3 is 25.4 Å². The second-order valence-electron chi connectivity index (χ2n) is 8.57. The first-order valence-corrected chi connectivity index (χ1v) is 11.7. The summed E-state index contributed by atoms with van der Waals surface area (Å²) in [7, 11) is 0. The number of fused-ring (bicyclic) bond motifs is 1. The largest absolute Gasteiger partial charge is 0.383 e. The van der Waals surface area contributed by atoms with Crippen LogP contribution in [0.25, 0.3) is 22.4 Å². The molecule has 0 unspecified atom stereocenters. The number of anilines is 2. The number of nitrogens with one attached hydrogen (secondary N) is 3. The first kappa shape index (κ1) is 20.8. The number of amides is 1. The van der Waals surface area contributed by atoms with E-state index in [-0.39, 0.29) is 0 Å². The number of likely N-dealkylation sites (N-methyl/N-ethyl adjacent to an activating group) is 1. The average Bonchev–Trinajstić information content (AvgIpc) is 3.60. The fraction of sp³-hybridized carbons (Fsp3) is 0.458. The number of hydrogen-bond donors (Lipinski definition) is 3. The molecule has 0 aromatic carbocycles. The Bertz CT molecular complexity index is 1070. The number of pyridine rings is 2. The summed E-state index contributed by atoms with van der Waals surface area (Å²) in [4.78, 5) is 29.4. The molecule has 5 rings (SSSR count). The van der Waals surface area contributed by atoms with E-state index in [1.165, 1.54) is 0 Å². The van der Waals surface area contributed by atoms with Crippen molar-refractivity contribution in [1.82, 2.24) is 25.2 Å². The zero-order valence-corrected chi connectivity index (χ0v) is 18.6. The minimum Gasteiger partial charge on any atom is -0.383 e. The highest BCUT2D eigenvalue weighted by molar-refractivity contribution is 5.93. The van der Waals surface area contributed by atoms with Crippen molar-refractivity contribution in [3.63, 3.8) is 0 Å². The number of rotatable bonds is 8. The second kappa shape index (κ2) is 9.16. The summed E-state index contributed by atoms with van der Waals surface area (Å²) in [6, 6.07) is 8.30. The number of carbonyl (C=O) groups excluding carboxylic acids is 1. The van der Waals surface area contributed by atoms with Gasteiger partial charge in [0.25, 0.3) is 0 Å². The fourth-order valence-corrected chi connectivity index (χ4v) is 4.31. The molecule has 4 heterocycles. The number of hydrogen-bond acceptors (Lipinski definition) is 6. The number of carbonyl (C=O) groups is 1. The maximum atomic E-state index is 12.4. The van der Waals surface area contributed by atoms with Gasteiger partial charge in [-0.15, -0.1) is 0 Å². The smallest absolute Gasteiger partial charge is 0.225 e. The van der Waals surface area contributed by atoms with Crippen molar-refractivity contribution < 1.29 is 4.79 Å². The first-order valence-electron chi connectivity index (χ1n) is 11.7. The SMILES string of the molecule is CCNCCNc1ccc(-c2cc3c(N4CCN(C(=O)C5CC5)CC4)ccnc3[nH]2)nc1. The Hall–Kier alpha value is -3.13. The number of piperazine rings is 1. The Kier molecular flexibility index (Phi) is 5.94. The van der Waals surface area contributed by atoms with E-state index in [4.69, 9.17) is 0 Å². The van der Waals surface area contributed by atoms with Crippen molar-refractivity contribution in [3.8, 4) is 11.4 Å². The van der Waals surface area contributed by atoms with Crippen LogP contribution < -0.4 is 15.5 Å². The average molecular weight is 434 g/mol. The van der Waals surface area contributed by atoms with Gasteiger partial charge in [-0.1, -0.05) is 6.92 Å². The van der Waals surface area contributed by atoms with E-state index >= 15 is 0 Å². The summed E-state index contributed by atoms with van der Waals surface area (Å²) in [6.07, 6.45) is 5.86. The Balaban J connectivity index is 1.29. The monoisotopic (exact) mass is 433 g/mol. The normalized spacial score (nSPS) is 16.5. The molecule has 1 saturated carbocycles. The minimum atomic E-state index is 0.295. The number of aromatic nitrogens is 3. The lowest BCUT2D eigenvalue weighted by Gasteiger charge is -2.36. The van der Waals surface area contributed by atoms with Gasteiger partial charge in [0, 0.05) is 62.5 Å². The highest BCUT2D eigenvalue weighted by atomic mass is 16.2. The summed E-state index contributed by atoms with van der Waals surface area (Å²) in [5, 5.41) is 7.77. The van der Waals surface area contributed by atoms with Crippen LogP contribution in [0, 0.1) is 5.92 Å². The van der Waals surface area contributed by atoms with Crippen molar-refractivity contribution in [2.24, 2.45) is 5.92 Å². The summed E-state index contributed by atoms with van der Waals surface area (Å²) in [6.45, 7) is 8.16. The maximum absolute atomic E-state index is 12.4. The van der Waals surface area contributed by atoms with Crippen molar-refractivity contribution in [2.45, 2.75) is 19.8 Å². The third-order valence-corrected chi connectivity index (χ3v) is 6.29. The molecule has 0 atom stereocenters. The quantitative estimate of drug-likeness (QED) is 0.474. The molecule has 168 valence electrons. The highest BCUT2D eigenvalue weighted by Gasteiger charge is 2.34. The van der Waals surface area contributed by atoms with Crippen molar-refractivity contribution >= 4 is 28.3 Å². The molecule has 8 nitrogen and oxygen atoms in total. The van der Waals surface area contributed by atoms with Crippen LogP contribution in [0.2, 0.25) is 0 Å². The van der Waals surface area contributed by atoms with Gasteiger partial charge in [0.15, 0.2) is 0 Å². The third kappa shape index (κ3) is 4.41. The zero-order valence-electron chi connectivity index (χ0n) is 18.6. The van der Waals surface area contributed by atoms with Crippen LogP contribution in [0.3, 0.4) is 0 Å². The van der Waals surface area contributed by atoms with E-state index in [0.717, 1.165) is 92.5 Å². The van der Waals surface area contributed by atoms with Gasteiger partial charge in [0.05, 0.1) is 23.3 Å². The van der Waals surface area contributed by atoms with Crippen LogP contribution >= 0.6 is 0 Å². The molecule has 3 aromatic rings. The molecule has 0 radical (unpaired) electrons. The molecular formula is C24H31N7O. The molecular weight excluding hydrogens is 402 g/mol. The van der Waals surface area contributed by atoms with Crippen LogP contribution in [0.15, 0.2) is 36.7 Å². The topological polar surface area (TPSA) is 89.2 Å². The van der Waals surface area contributed by atoms with Gasteiger partial charge in [-0.25, -0.2) is 4.98 Å². The van der Waals surface area contributed by atoms with Gasteiger partial charge in [0.2, 0.25) is 5.91 Å². The molecule has 3 N–H and O–H groups in total. The summed E-state index contributed by atoms with van der Waals surface area (Å²) >= 11 is 0. The van der Waals surface area contributed by atoms with Crippen LogP contribution in [0.4, 0.5) is 11.4 Å². The highest BCUT2D eigenvalue weighted by Crippen LogP contribution is 2.33. The summed E-state index contributed by atoms with van der Waals surface area (Å²) < 4.78 is 0. The van der Waals surface area contributed by atoms with E-state index in [9.17, 15) is 4.79 Å². The van der Waals surface area contributed by atoms with Crippen molar-refractivity contribution in [3.05, 3.63) is 36.7 Å². The molecule has 32 heavy (non-hydrogen) atoms. The van der Waals surface area contributed by atoms with Crippen LogP contribution in [0.1, 0.15) is 19.8 Å². The molecule has 0 bridgehead atoms. The van der Waals surface area contributed by atoms with E-state index < -0.39 is 0 Å². The number of aromatic amines is 1. The molecule has 1 saturated heterocycles. The van der Waals surface area contributed by atoms with Gasteiger partial charge in [-0.3, -0.25) is 9.78 Å². The van der Waals surface area contributed by atoms with Crippen LogP contribution in [0.5, 0.6) is 0 Å². The molecule has 1 amide bonds. The van der Waals surface area contributed by atoms with Crippen LogP contribution in [-0.2, 0) is 4.79 Å². The molecule has 2 aliphatic rings. The third-order valence-electron chi connectivity index (χ3n) is 6.29. The Morgan fingerprint density at radius 3 is 2.69 bits per heavy atom. The van der Waals surface area contributed by atoms with Gasteiger partial charge >= 0.3 is 0 Å². The molecule has 1 aliphatic heterocycles. The van der Waals surface area contributed by atoms with Gasteiger partial charge in [0.1, 0.15) is 5.65 Å². The lowest BCUT2D eigenvalue weighted by molar-refractivity contribution is -0.132. The number of H-pyrrole nitrogens is 1. The lowest BCUT2D eigenvalue weighted by atomic mass is 10.2. The molecule has 3 aromatic heterocycles. The van der Waals surface area contributed by atoms with Crippen molar-refractivity contribution in [1.29, 1.82) is 0 Å². The molecule has 0 spiro atoms. The van der Waals surface area contributed by atoms with Gasteiger partial charge in [-0.05, 0) is 43.7 Å². The maximum Gasteiger partial charge on any atom is 0.225 e. The van der Waals surface area contributed by atoms with Crippen molar-refractivity contribution in [2.75, 3.05) is 56.0 Å². The molecule has 8 heteroatoms. The Morgan fingerprint density at radius 2 is 1.97 bits per heavy atom. The molecule has 2 fully saturated rings. The Labute approximate surface area is 188 Å². The van der Waals surface area contributed by atoms with Gasteiger partial charge in [-0.2, -0.15) is 0 Å². The number of nitrogens with zero attached hydrogens (tertiary/aromatic N) is 4. The standard InChI is InChI=1S/C24H31N7O/c1-2-25-9-10-26-18-5-6-20(28-16-18)21-15-19-22(7-8-27-23(19)29-21)30-11-13-31(14-12-30)24(32)17-3-4-17/h5-8,15-17,25-26H,2-4,9-14H2,1H3,(H,27,29). The Morgan fingerprint density at radius 1 is 1.12 bits per heavy atom. The minimum absolute atomic E-state index is 0.295. The molecule has 1 aliphatic carbocycles. The zero-order chi connectivity index (χ0) is 21.9. The van der Waals surface area contributed by atoms with E-state index in [2.05, 4.69) is 55.6 Å². The van der Waals surface area contributed by atoms with E-state index in [1.54, 1.807) is 0 Å². The first-order chi connectivity index (χ1) is 15.7. The predicted octanol–water partition coefficient (Wildman–Crippen LogP) is 2.70. The lowest BCUT2D eigenvalue weighted by Crippen LogP contribution is -2.49.